The Balaban J connectivity index is 1.88. The Morgan fingerprint density at radius 1 is 1.19 bits per heavy atom. The topological polar surface area (TPSA) is 99.6 Å². The van der Waals surface area contributed by atoms with Crippen molar-refractivity contribution in [3.63, 3.8) is 0 Å². The summed E-state index contributed by atoms with van der Waals surface area (Å²) in [5.74, 6) is -0.717. The molecular weight excluding hydrogens is 374 g/mol. The van der Waals surface area contributed by atoms with E-state index in [0.717, 1.165) is 50.1 Å². The molecule has 1 saturated heterocycles. The monoisotopic (exact) mass is 395 g/mol. The van der Waals surface area contributed by atoms with E-state index in [4.69, 9.17) is 0 Å². The number of rotatable bonds is 5. The molecule has 0 unspecified atom stereocenters. The van der Waals surface area contributed by atoms with E-state index in [0.29, 0.717) is 5.82 Å². The molecule has 2 N–H and O–H groups in total. The van der Waals surface area contributed by atoms with Crippen molar-refractivity contribution in [1.29, 1.82) is 0 Å². The molecule has 7 nitrogen and oxygen atoms in total. The van der Waals surface area contributed by atoms with E-state index in [9.17, 15) is 18.3 Å². The normalized spacial score (nSPS) is 15.9. The second-order valence-corrected chi connectivity index (χ2v) is 9.05. The van der Waals surface area contributed by atoms with Gasteiger partial charge in [0.1, 0.15) is 15.6 Å². The van der Waals surface area contributed by atoms with Gasteiger partial charge in [0.15, 0.2) is 0 Å². The number of anilines is 2. The van der Waals surface area contributed by atoms with Crippen molar-refractivity contribution in [3.8, 4) is 0 Å². The Kier molecular flexibility index (Phi) is 5.77. The Morgan fingerprint density at radius 3 is 2.50 bits per heavy atom. The summed E-state index contributed by atoms with van der Waals surface area (Å²) < 4.78 is 27.2. The number of carboxylic acid groups (broad SMARTS) is 1. The molecule has 0 aliphatic carbocycles. The van der Waals surface area contributed by atoms with Gasteiger partial charge in [0, 0.05) is 13.1 Å². The zero-order valence-corrected chi connectivity index (χ0v) is 15.9. The quantitative estimate of drug-likeness (QED) is 0.805. The van der Waals surface area contributed by atoms with Gasteiger partial charge in [0.2, 0.25) is 0 Å². The van der Waals surface area contributed by atoms with Crippen molar-refractivity contribution in [2.45, 2.75) is 36.3 Å². The third-order valence-electron chi connectivity index (χ3n) is 4.26. The Bertz CT molecular complexity index is 858. The molecule has 3 rings (SSSR count). The van der Waals surface area contributed by atoms with E-state index in [1.165, 1.54) is 24.8 Å². The third kappa shape index (κ3) is 4.34. The molecule has 0 radical (unpaired) electrons. The van der Waals surface area contributed by atoms with E-state index in [2.05, 4.69) is 9.71 Å². The van der Waals surface area contributed by atoms with Crippen molar-refractivity contribution in [3.05, 3.63) is 35.3 Å². The molecule has 1 aliphatic heterocycles. The minimum absolute atomic E-state index is 0.0111. The highest BCUT2D eigenvalue weighted by molar-refractivity contribution is 7.94. The maximum absolute atomic E-state index is 12.3. The van der Waals surface area contributed by atoms with Crippen LogP contribution in [0.15, 0.2) is 34.0 Å². The smallest absolute Gasteiger partial charge is 0.339 e. The van der Waals surface area contributed by atoms with Crippen LogP contribution in [-0.4, -0.2) is 37.6 Å². The van der Waals surface area contributed by atoms with Crippen LogP contribution in [0.2, 0.25) is 0 Å². The van der Waals surface area contributed by atoms with Crippen LogP contribution in [0.1, 0.15) is 42.5 Å². The minimum Gasteiger partial charge on any atom is -0.478 e. The molecule has 1 aliphatic rings. The van der Waals surface area contributed by atoms with Gasteiger partial charge in [-0.1, -0.05) is 25.3 Å². The molecule has 2 aromatic rings. The Hall–Kier alpha value is -2.13. The molecule has 0 amide bonds. The maximum Gasteiger partial charge on any atom is 0.339 e. The Labute approximate surface area is 156 Å². The van der Waals surface area contributed by atoms with E-state index in [-0.39, 0.29) is 15.5 Å². The molecule has 140 valence electrons. The van der Waals surface area contributed by atoms with Crippen molar-refractivity contribution >= 4 is 38.8 Å². The first-order valence-electron chi connectivity index (χ1n) is 8.52. The fourth-order valence-corrected chi connectivity index (χ4v) is 5.03. The number of hydrogen-bond donors (Lipinski definition) is 2. The third-order valence-corrected chi connectivity index (χ3v) is 7.04. The van der Waals surface area contributed by atoms with Crippen molar-refractivity contribution in [2.75, 3.05) is 22.7 Å². The molecule has 1 fully saturated rings. The molecular formula is C17H21N3O4S2. The highest BCUT2D eigenvalue weighted by Gasteiger charge is 2.21. The first-order chi connectivity index (χ1) is 12.5. The predicted molar refractivity (Wildman–Crippen MR) is 102 cm³/mol. The number of sulfonamides is 1. The predicted octanol–water partition coefficient (Wildman–Crippen LogP) is 3.41. The summed E-state index contributed by atoms with van der Waals surface area (Å²) >= 11 is 1.09. The number of aromatic nitrogens is 1. The number of carboxylic acids is 1. The van der Waals surface area contributed by atoms with Gasteiger partial charge in [-0.15, -0.1) is 11.3 Å². The largest absolute Gasteiger partial charge is 0.478 e. The average Bonchev–Trinajstić information content (AvgIpc) is 3.10. The standard InChI is InChI=1S/C17H21N3O4S2/c21-17(22)14-11-13(19-26(23,24)15-7-6-10-25-15)12-18-16(14)20-8-4-2-1-3-5-9-20/h6-7,10-12,19H,1-5,8-9H2,(H,21,22). The first-order valence-corrected chi connectivity index (χ1v) is 10.9. The van der Waals surface area contributed by atoms with Gasteiger partial charge in [-0.2, -0.15) is 0 Å². The molecule has 9 heteroatoms. The number of carbonyl (C=O) groups is 1. The van der Waals surface area contributed by atoms with Crippen molar-refractivity contribution < 1.29 is 18.3 Å². The van der Waals surface area contributed by atoms with Crippen LogP contribution < -0.4 is 9.62 Å². The lowest BCUT2D eigenvalue weighted by Crippen LogP contribution is -2.29. The molecule has 0 aromatic carbocycles. The zero-order chi connectivity index (χ0) is 18.6. The second kappa shape index (κ2) is 8.05. The molecule has 0 bridgehead atoms. The van der Waals surface area contributed by atoms with Crippen LogP contribution in [0.3, 0.4) is 0 Å². The van der Waals surface area contributed by atoms with E-state index in [1.807, 2.05) is 4.90 Å². The number of pyridine rings is 1. The van der Waals surface area contributed by atoms with Gasteiger partial charge in [0.25, 0.3) is 10.0 Å². The number of nitrogens with one attached hydrogen (secondary N) is 1. The summed E-state index contributed by atoms with van der Waals surface area (Å²) in [5, 5.41) is 11.3. The fourth-order valence-electron chi connectivity index (χ4n) is 3.00. The number of hydrogen-bond acceptors (Lipinski definition) is 6. The second-order valence-electron chi connectivity index (χ2n) is 6.19. The van der Waals surface area contributed by atoms with Crippen LogP contribution in [0.4, 0.5) is 11.5 Å². The number of nitrogens with zero attached hydrogens (tertiary/aromatic N) is 2. The van der Waals surface area contributed by atoms with Crippen LogP contribution in [-0.2, 0) is 10.0 Å². The Morgan fingerprint density at radius 2 is 1.88 bits per heavy atom. The van der Waals surface area contributed by atoms with Gasteiger partial charge in [0.05, 0.1) is 11.9 Å². The lowest BCUT2D eigenvalue weighted by Gasteiger charge is -2.27. The van der Waals surface area contributed by atoms with Gasteiger partial charge in [-0.05, 0) is 30.4 Å². The lowest BCUT2D eigenvalue weighted by molar-refractivity contribution is 0.0697. The summed E-state index contributed by atoms with van der Waals surface area (Å²) in [6, 6.07) is 4.48. The summed E-state index contributed by atoms with van der Waals surface area (Å²) in [4.78, 5) is 18.0. The molecule has 0 atom stereocenters. The summed E-state index contributed by atoms with van der Waals surface area (Å²) in [6.45, 7) is 1.51. The summed E-state index contributed by atoms with van der Waals surface area (Å²) in [5.41, 5.74) is 0.156. The zero-order valence-electron chi connectivity index (χ0n) is 14.2. The summed E-state index contributed by atoms with van der Waals surface area (Å²) in [6.07, 6.45) is 6.82. The van der Waals surface area contributed by atoms with Crippen LogP contribution >= 0.6 is 11.3 Å². The molecule has 0 saturated carbocycles. The van der Waals surface area contributed by atoms with E-state index < -0.39 is 16.0 Å². The highest BCUT2D eigenvalue weighted by Crippen LogP contribution is 2.26. The van der Waals surface area contributed by atoms with Crippen LogP contribution in [0.25, 0.3) is 0 Å². The van der Waals surface area contributed by atoms with Crippen molar-refractivity contribution in [1.82, 2.24) is 4.98 Å². The summed E-state index contributed by atoms with van der Waals surface area (Å²) in [7, 11) is -3.74. The average molecular weight is 396 g/mol. The molecule has 0 spiro atoms. The SMILES string of the molecule is O=C(O)c1cc(NS(=O)(=O)c2cccs2)cnc1N1CCCCCCC1. The van der Waals surface area contributed by atoms with Gasteiger partial charge >= 0.3 is 5.97 Å². The van der Waals surface area contributed by atoms with Crippen molar-refractivity contribution in [2.24, 2.45) is 0 Å². The van der Waals surface area contributed by atoms with E-state index in [1.54, 1.807) is 11.4 Å². The van der Waals surface area contributed by atoms with E-state index >= 15 is 0 Å². The minimum atomic E-state index is -3.74. The van der Waals surface area contributed by atoms with Crippen LogP contribution in [0.5, 0.6) is 0 Å². The molecule has 3 heterocycles. The molecule has 26 heavy (non-hydrogen) atoms. The number of thiophene rings is 1. The fraction of sp³-hybridized carbons (Fsp3) is 0.412. The maximum atomic E-state index is 12.3. The lowest BCUT2D eigenvalue weighted by atomic mass is 10.1. The highest BCUT2D eigenvalue weighted by atomic mass is 32.2. The first kappa shape index (κ1) is 18.7. The van der Waals surface area contributed by atoms with Crippen LogP contribution in [0, 0.1) is 0 Å². The van der Waals surface area contributed by atoms with Gasteiger partial charge in [-0.25, -0.2) is 18.2 Å². The molecule has 2 aromatic heterocycles. The van der Waals surface area contributed by atoms with Gasteiger partial charge < -0.3 is 10.0 Å². The van der Waals surface area contributed by atoms with Gasteiger partial charge in [-0.3, -0.25) is 4.72 Å². The number of aromatic carboxylic acids is 1.